The third-order valence-corrected chi connectivity index (χ3v) is 3.96. The van der Waals surface area contributed by atoms with E-state index in [1.807, 2.05) is 0 Å². The lowest BCUT2D eigenvalue weighted by Crippen LogP contribution is -2.29. The summed E-state index contributed by atoms with van der Waals surface area (Å²) in [7, 11) is 0. The number of hydrogen-bond donors (Lipinski definition) is 1. The van der Waals surface area contributed by atoms with Crippen LogP contribution >= 0.6 is 0 Å². The highest BCUT2D eigenvalue weighted by Gasteiger charge is 2.17. The topological polar surface area (TPSA) is 46.9 Å². The number of aryl methyl sites for hydroxylation is 2. The molecule has 0 atom stereocenters. The first kappa shape index (κ1) is 13.9. The maximum atomic E-state index is 12.2. The van der Waals surface area contributed by atoms with E-state index in [0.29, 0.717) is 12.6 Å². The molecule has 1 fully saturated rings. The van der Waals surface area contributed by atoms with Gasteiger partial charge in [0.15, 0.2) is 0 Å². The number of hydrogen-bond acceptors (Lipinski definition) is 3. The van der Waals surface area contributed by atoms with Crippen LogP contribution < -0.4 is 10.9 Å². The highest BCUT2D eigenvalue weighted by Crippen LogP contribution is 2.22. The Hall–Kier alpha value is -2.10. The molecule has 0 radical (unpaired) electrons. The van der Waals surface area contributed by atoms with Gasteiger partial charge in [-0.25, -0.2) is 4.68 Å². The highest BCUT2D eigenvalue weighted by atomic mass is 16.1. The Morgan fingerprint density at radius 2 is 1.90 bits per heavy atom. The van der Waals surface area contributed by atoms with E-state index in [-0.39, 0.29) is 5.56 Å². The number of nitrogens with one attached hydrogen (secondary N) is 1. The van der Waals surface area contributed by atoms with E-state index in [4.69, 9.17) is 0 Å². The van der Waals surface area contributed by atoms with Crippen molar-refractivity contribution in [2.75, 3.05) is 5.32 Å². The Morgan fingerprint density at radius 3 is 2.48 bits per heavy atom. The van der Waals surface area contributed by atoms with Gasteiger partial charge in [0.05, 0.1) is 18.4 Å². The van der Waals surface area contributed by atoms with Crippen LogP contribution in [0.25, 0.3) is 0 Å². The molecule has 0 saturated heterocycles. The molecule has 4 nitrogen and oxygen atoms in total. The van der Waals surface area contributed by atoms with E-state index in [0.717, 1.165) is 11.3 Å². The zero-order chi connectivity index (χ0) is 14.8. The lowest BCUT2D eigenvalue weighted by atomic mass is 9.93. The Morgan fingerprint density at radius 1 is 1.19 bits per heavy atom. The van der Waals surface area contributed by atoms with E-state index < -0.39 is 0 Å². The Kier molecular flexibility index (Phi) is 3.78. The van der Waals surface area contributed by atoms with Crippen molar-refractivity contribution in [2.45, 2.75) is 45.7 Å². The summed E-state index contributed by atoms with van der Waals surface area (Å²) in [5.74, 6) is 0. The molecule has 3 rings (SSSR count). The number of anilines is 1. The van der Waals surface area contributed by atoms with Gasteiger partial charge in [-0.1, -0.05) is 29.3 Å². The summed E-state index contributed by atoms with van der Waals surface area (Å²) in [4.78, 5) is 12.2. The van der Waals surface area contributed by atoms with Crippen LogP contribution in [-0.2, 0) is 6.54 Å². The molecule has 1 aromatic heterocycles. The van der Waals surface area contributed by atoms with Crippen LogP contribution in [0.1, 0.15) is 36.0 Å². The molecular weight excluding hydrogens is 262 g/mol. The molecule has 4 heteroatoms. The van der Waals surface area contributed by atoms with Gasteiger partial charge in [0.1, 0.15) is 0 Å². The third-order valence-electron chi connectivity index (χ3n) is 3.96. The summed E-state index contributed by atoms with van der Waals surface area (Å²) >= 11 is 0. The minimum atomic E-state index is -0.0570. The molecule has 0 unspecified atom stereocenters. The first-order valence-electron chi connectivity index (χ1n) is 7.51. The molecule has 1 heterocycles. The van der Waals surface area contributed by atoms with Crippen molar-refractivity contribution in [1.29, 1.82) is 0 Å². The second-order valence-electron chi connectivity index (χ2n) is 6.01. The average Bonchev–Trinajstić information content (AvgIpc) is 2.36. The smallest absolute Gasteiger partial charge is 0.269 e. The maximum Gasteiger partial charge on any atom is 0.269 e. The van der Waals surface area contributed by atoms with Crippen LogP contribution in [-0.4, -0.2) is 15.8 Å². The minimum Gasteiger partial charge on any atom is -0.381 e. The molecule has 1 N–H and O–H groups in total. The number of rotatable bonds is 4. The van der Waals surface area contributed by atoms with E-state index in [1.165, 1.54) is 35.1 Å². The molecule has 1 saturated carbocycles. The fourth-order valence-corrected chi connectivity index (χ4v) is 2.75. The van der Waals surface area contributed by atoms with Gasteiger partial charge >= 0.3 is 0 Å². The van der Waals surface area contributed by atoms with Gasteiger partial charge in [0, 0.05) is 12.1 Å². The Balaban J connectivity index is 1.77. The van der Waals surface area contributed by atoms with Crippen LogP contribution in [0.5, 0.6) is 0 Å². The largest absolute Gasteiger partial charge is 0.381 e. The first-order chi connectivity index (χ1) is 10.1. The highest BCUT2D eigenvalue weighted by molar-refractivity contribution is 5.40. The number of aromatic nitrogens is 2. The van der Waals surface area contributed by atoms with E-state index in [1.54, 1.807) is 12.3 Å². The summed E-state index contributed by atoms with van der Waals surface area (Å²) in [6, 6.07) is 8.49. The SMILES string of the molecule is Cc1cc(C)cc(Cn2ncc(NC3CCC3)cc2=O)c1. The normalized spacial score (nSPS) is 14.8. The molecule has 0 spiro atoms. The van der Waals surface area contributed by atoms with Crippen LogP contribution in [0.2, 0.25) is 0 Å². The van der Waals surface area contributed by atoms with Gasteiger partial charge in [-0.3, -0.25) is 4.79 Å². The van der Waals surface area contributed by atoms with Crippen molar-refractivity contribution in [2.24, 2.45) is 0 Å². The Bertz CT molecular complexity index is 681. The predicted octanol–water partition coefficient (Wildman–Crippen LogP) is 2.87. The van der Waals surface area contributed by atoms with E-state index in [9.17, 15) is 4.79 Å². The summed E-state index contributed by atoms with van der Waals surface area (Å²) in [5, 5.41) is 7.64. The first-order valence-corrected chi connectivity index (χ1v) is 7.51. The fraction of sp³-hybridized carbons (Fsp3) is 0.412. The second-order valence-corrected chi connectivity index (χ2v) is 6.01. The molecule has 2 aromatic rings. The number of benzene rings is 1. The molecule has 0 amide bonds. The van der Waals surface area contributed by atoms with Crippen molar-refractivity contribution in [3.05, 3.63) is 57.5 Å². The predicted molar refractivity (Wildman–Crippen MR) is 84.8 cm³/mol. The van der Waals surface area contributed by atoms with Gasteiger partial charge in [0.25, 0.3) is 5.56 Å². The molecule has 110 valence electrons. The fourth-order valence-electron chi connectivity index (χ4n) is 2.75. The molecule has 21 heavy (non-hydrogen) atoms. The third kappa shape index (κ3) is 3.32. The quantitative estimate of drug-likeness (QED) is 0.938. The summed E-state index contributed by atoms with van der Waals surface area (Å²) in [6.07, 6.45) is 5.40. The molecule has 1 aliphatic carbocycles. The zero-order valence-corrected chi connectivity index (χ0v) is 12.6. The minimum absolute atomic E-state index is 0.0570. The van der Waals surface area contributed by atoms with Crippen molar-refractivity contribution in [3.63, 3.8) is 0 Å². The van der Waals surface area contributed by atoms with Crippen LogP contribution in [0.4, 0.5) is 5.69 Å². The van der Waals surface area contributed by atoms with Crippen molar-refractivity contribution in [1.82, 2.24) is 9.78 Å². The lowest BCUT2D eigenvalue weighted by molar-refractivity contribution is 0.445. The van der Waals surface area contributed by atoms with Crippen LogP contribution in [0.3, 0.4) is 0 Å². The summed E-state index contributed by atoms with van der Waals surface area (Å²) < 4.78 is 1.51. The monoisotopic (exact) mass is 283 g/mol. The summed E-state index contributed by atoms with van der Waals surface area (Å²) in [6.45, 7) is 4.65. The van der Waals surface area contributed by atoms with E-state index in [2.05, 4.69) is 42.5 Å². The van der Waals surface area contributed by atoms with Crippen molar-refractivity contribution >= 4 is 5.69 Å². The standard InChI is InChI=1S/C17H21N3O/c1-12-6-13(2)8-14(7-12)11-20-17(21)9-16(10-18-20)19-15-4-3-5-15/h6-10,15,19H,3-5,11H2,1-2H3. The van der Waals surface area contributed by atoms with Gasteiger partial charge in [0.2, 0.25) is 0 Å². The zero-order valence-electron chi connectivity index (χ0n) is 12.6. The molecule has 0 aliphatic heterocycles. The van der Waals surface area contributed by atoms with Crippen LogP contribution in [0, 0.1) is 13.8 Å². The molecule has 0 bridgehead atoms. The van der Waals surface area contributed by atoms with Gasteiger partial charge in [-0.15, -0.1) is 0 Å². The molecular formula is C17H21N3O. The van der Waals surface area contributed by atoms with Crippen molar-refractivity contribution in [3.8, 4) is 0 Å². The van der Waals surface area contributed by atoms with Crippen LogP contribution in [0.15, 0.2) is 35.3 Å². The molecule has 1 aliphatic rings. The van der Waals surface area contributed by atoms with Gasteiger partial charge < -0.3 is 5.32 Å². The average molecular weight is 283 g/mol. The van der Waals surface area contributed by atoms with Crippen molar-refractivity contribution < 1.29 is 0 Å². The molecule has 1 aromatic carbocycles. The number of nitrogens with zero attached hydrogens (tertiary/aromatic N) is 2. The van der Waals surface area contributed by atoms with E-state index >= 15 is 0 Å². The lowest BCUT2D eigenvalue weighted by Gasteiger charge is -2.27. The second kappa shape index (κ2) is 5.72. The van der Waals surface area contributed by atoms with Gasteiger partial charge in [-0.2, -0.15) is 5.10 Å². The summed E-state index contributed by atoms with van der Waals surface area (Å²) in [5.41, 5.74) is 4.31. The van der Waals surface area contributed by atoms with Gasteiger partial charge in [-0.05, 0) is 38.7 Å². The Labute approximate surface area is 124 Å². The maximum absolute atomic E-state index is 12.2.